The fraction of sp³-hybridized carbons (Fsp3) is 0.188. The highest BCUT2D eigenvalue weighted by Gasteiger charge is 2.13. The van der Waals surface area contributed by atoms with Gasteiger partial charge in [0.2, 0.25) is 0 Å². The first kappa shape index (κ1) is 19.9. The van der Waals surface area contributed by atoms with Crippen molar-refractivity contribution in [3.63, 3.8) is 0 Å². The number of Topliss-reactive ketones (excluding diaryl/α,β-unsaturated/α-hetero) is 1. The molecule has 8 heteroatoms. The van der Waals surface area contributed by atoms with Crippen LogP contribution in [-0.2, 0) is 0 Å². The summed E-state index contributed by atoms with van der Waals surface area (Å²) in [6.45, 7) is 1.11. The SMILES string of the molecule is Cl.N=C(N)c1ccccn1.O=C(CBr)c1ccc2c(c1)OCCO2. The summed E-state index contributed by atoms with van der Waals surface area (Å²) < 4.78 is 10.7. The van der Waals surface area contributed by atoms with Gasteiger partial charge in [-0.25, -0.2) is 0 Å². The second-order valence-electron chi connectivity index (χ2n) is 4.54. The third-order valence-electron chi connectivity index (χ3n) is 2.93. The molecule has 1 aliphatic rings. The van der Waals surface area contributed by atoms with Gasteiger partial charge in [-0.3, -0.25) is 15.2 Å². The van der Waals surface area contributed by atoms with Gasteiger partial charge in [0.15, 0.2) is 17.3 Å². The third kappa shape index (κ3) is 5.50. The van der Waals surface area contributed by atoms with Gasteiger partial charge in [-0.15, -0.1) is 12.4 Å². The van der Waals surface area contributed by atoms with Crippen LogP contribution in [0.15, 0.2) is 42.6 Å². The molecule has 2 aromatic rings. The number of carbonyl (C=O) groups excluding carboxylic acids is 1. The standard InChI is InChI=1S/C10H9BrO3.C6H7N3.ClH/c11-6-8(12)7-1-2-9-10(5-7)14-4-3-13-9;7-6(8)5-3-1-2-4-9-5;/h1-2,5H,3-4,6H2;1-4H,(H3,7,8);1H. The lowest BCUT2D eigenvalue weighted by molar-refractivity contribution is 0.102. The predicted octanol–water partition coefficient (Wildman–Crippen LogP) is 2.82. The van der Waals surface area contributed by atoms with Crippen LogP contribution < -0.4 is 15.2 Å². The number of benzene rings is 1. The molecule has 0 saturated carbocycles. The molecule has 0 saturated heterocycles. The Kier molecular flexibility index (Phi) is 8.21. The second-order valence-corrected chi connectivity index (χ2v) is 5.10. The predicted molar refractivity (Wildman–Crippen MR) is 98.1 cm³/mol. The Bertz CT molecular complexity index is 698. The van der Waals surface area contributed by atoms with Gasteiger partial charge in [0, 0.05) is 11.8 Å². The van der Waals surface area contributed by atoms with Gasteiger partial charge in [-0.2, -0.15) is 0 Å². The van der Waals surface area contributed by atoms with Crippen LogP contribution in [0.25, 0.3) is 0 Å². The summed E-state index contributed by atoms with van der Waals surface area (Å²) in [6, 6.07) is 10.5. The normalized spacial score (nSPS) is 11.4. The molecule has 1 aromatic heterocycles. The first-order valence-corrected chi connectivity index (χ1v) is 7.98. The minimum absolute atomic E-state index is 0. The number of nitrogens with one attached hydrogen (secondary N) is 1. The van der Waals surface area contributed by atoms with Gasteiger partial charge in [0.25, 0.3) is 0 Å². The number of hydrogen-bond acceptors (Lipinski definition) is 5. The molecule has 1 aliphatic heterocycles. The van der Waals surface area contributed by atoms with Crippen LogP contribution in [0.1, 0.15) is 16.1 Å². The highest BCUT2D eigenvalue weighted by Crippen LogP contribution is 2.30. The van der Waals surface area contributed by atoms with E-state index in [0.717, 1.165) is 0 Å². The quantitative estimate of drug-likeness (QED) is 0.348. The van der Waals surface area contributed by atoms with Crippen LogP contribution in [-0.4, -0.2) is 35.1 Å². The number of halogens is 2. The monoisotopic (exact) mass is 413 g/mol. The molecule has 0 unspecified atom stereocenters. The van der Waals surface area contributed by atoms with E-state index in [1.165, 1.54) is 0 Å². The number of pyridine rings is 1. The van der Waals surface area contributed by atoms with Gasteiger partial charge in [-0.1, -0.05) is 22.0 Å². The summed E-state index contributed by atoms with van der Waals surface area (Å²) in [4.78, 5) is 15.2. The maximum absolute atomic E-state index is 11.4. The lowest BCUT2D eigenvalue weighted by Gasteiger charge is -2.18. The number of ketones is 1. The number of hydrogen-bond donors (Lipinski definition) is 2. The molecule has 0 amide bonds. The number of nitrogen functional groups attached to an aromatic ring is 1. The smallest absolute Gasteiger partial charge is 0.173 e. The number of aromatic nitrogens is 1. The largest absolute Gasteiger partial charge is 0.486 e. The van der Waals surface area contributed by atoms with E-state index in [0.29, 0.717) is 41.3 Å². The van der Waals surface area contributed by atoms with Crippen LogP contribution in [0, 0.1) is 5.41 Å². The zero-order chi connectivity index (χ0) is 16.7. The molecule has 24 heavy (non-hydrogen) atoms. The minimum Gasteiger partial charge on any atom is -0.486 e. The lowest BCUT2D eigenvalue weighted by Crippen LogP contribution is -2.15. The van der Waals surface area contributed by atoms with Crippen molar-refractivity contribution >= 4 is 40.0 Å². The van der Waals surface area contributed by atoms with Crippen molar-refractivity contribution in [3.05, 3.63) is 53.9 Å². The molecule has 1 aromatic carbocycles. The highest BCUT2D eigenvalue weighted by atomic mass is 79.9. The average Bonchev–Trinajstić information content (AvgIpc) is 2.62. The molecule has 0 spiro atoms. The topological polar surface area (TPSA) is 98.3 Å². The average molecular weight is 415 g/mol. The molecule has 3 rings (SSSR count). The molecule has 0 atom stereocenters. The third-order valence-corrected chi connectivity index (χ3v) is 3.44. The molecular formula is C16H17BrClN3O3. The molecular weight excluding hydrogens is 398 g/mol. The van der Waals surface area contributed by atoms with E-state index in [2.05, 4.69) is 20.9 Å². The van der Waals surface area contributed by atoms with Crippen LogP contribution in [0.2, 0.25) is 0 Å². The molecule has 0 bridgehead atoms. The Morgan fingerprint density at radius 3 is 2.46 bits per heavy atom. The number of amidine groups is 1. The number of carbonyl (C=O) groups is 1. The summed E-state index contributed by atoms with van der Waals surface area (Å²) in [5.41, 5.74) is 6.30. The summed E-state index contributed by atoms with van der Waals surface area (Å²) in [5.74, 6) is 1.42. The van der Waals surface area contributed by atoms with Gasteiger partial charge >= 0.3 is 0 Å². The highest BCUT2D eigenvalue weighted by molar-refractivity contribution is 9.09. The Morgan fingerprint density at radius 1 is 1.21 bits per heavy atom. The number of fused-ring (bicyclic) bond motifs is 1. The summed E-state index contributed by atoms with van der Waals surface area (Å²) in [7, 11) is 0. The lowest BCUT2D eigenvalue weighted by atomic mass is 10.1. The Balaban J connectivity index is 0.000000252. The number of nitrogens with two attached hydrogens (primary N) is 1. The Labute approximate surface area is 154 Å². The van der Waals surface area contributed by atoms with E-state index >= 15 is 0 Å². The molecule has 2 heterocycles. The van der Waals surface area contributed by atoms with Gasteiger partial charge in [0.1, 0.15) is 24.7 Å². The van der Waals surface area contributed by atoms with E-state index in [-0.39, 0.29) is 24.0 Å². The van der Waals surface area contributed by atoms with Crippen molar-refractivity contribution in [2.45, 2.75) is 0 Å². The van der Waals surface area contributed by atoms with Crippen LogP contribution in [0.5, 0.6) is 11.5 Å². The van der Waals surface area contributed by atoms with E-state index in [4.69, 9.17) is 20.6 Å². The van der Waals surface area contributed by atoms with Gasteiger partial charge in [-0.05, 0) is 30.3 Å². The fourth-order valence-electron chi connectivity index (χ4n) is 1.82. The number of rotatable bonds is 3. The Morgan fingerprint density at radius 2 is 1.92 bits per heavy atom. The van der Waals surface area contributed by atoms with Crippen LogP contribution >= 0.6 is 28.3 Å². The first-order valence-electron chi connectivity index (χ1n) is 6.86. The van der Waals surface area contributed by atoms with Crippen LogP contribution in [0.3, 0.4) is 0 Å². The van der Waals surface area contributed by atoms with Crippen molar-refractivity contribution in [3.8, 4) is 11.5 Å². The maximum atomic E-state index is 11.4. The molecule has 128 valence electrons. The fourth-order valence-corrected chi connectivity index (χ4v) is 2.14. The van der Waals surface area contributed by atoms with E-state index in [1.54, 1.807) is 42.6 Å². The van der Waals surface area contributed by atoms with E-state index < -0.39 is 0 Å². The van der Waals surface area contributed by atoms with Crippen LogP contribution in [0.4, 0.5) is 0 Å². The van der Waals surface area contributed by atoms with Crippen molar-refractivity contribution in [2.75, 3.05) is 18.5 Å². The van der Waals surface area contributed by atoms with Crippen molar-refractivity contribution in [2.24, 2.45) is 5.73 Å². The molecule has 0 fully saturated rings. The summed E-state index contributed by atoms with van der Waals surface area (Å²) in [5, 5.41) is 7.28. The zero-order valence-electron chi connectivity index (χ0n) is 12.7. The second kappa shape index (κ2) is 9.89. The van der Waals surface area contributed by atoms with E-state index in [1.807, 2.05) is 0 Å². The number of alkyl halides is 1. The molecule has 6 nitrogen and oxygen atoms in total. The zero-order valence-corrected chi connectivity index (χ0v) is 15.1. The van der Waals surface area contributed by atoms with Gasteiger partial charge < -0.3 is 15.2 Å². The van der Waals surface area contributed by atoms with Crippen molar-refractivity contribution in [1.29, 1.82) is 5.41 Å². The summed E-state index contributed by atoms with van der Waals surface area (Å²) in [6.07, 6.45) is 1.61. The van der Waals surface area contributed by atoms with Crippen molar-refractivity contribution < 1.29 is 14.3 Å². The minimum atomic E-state index is 0. The van der Waals surface area contributed by atoms with Gasteiger partial charge in [0.05, 0.1) is 5.33 Å². The molecule has 3 N–H and O–H groups in total. The Hall–Kier alpha value is -2.12. The van der Waals surface area contributed by atoms with E-state index in [9.17, 15) is 4.79 Å². The number of nitrogens with zero attached hydrogens (tertiary/aromatic N) is 1. The van der Waals surface area contributed by atoms with Crippen molar-refractivity contribution in [1.82, 2.24) is 4.98 Å². The first-order chi connectivity index (χ1) is 11.1. The maximum Gasteiger partial charge on any atom is 0.173 e. The number of ether oxygens (including phenoxy) is 2. The molecule has 0 aliphatic carbocycles. The summed E-state index contributed by atoms with van der Waals surface area (Å²) >= 11 is 3.13. The molecule has 0 radical (unpaired) electrons.